The highest BCUT2D eigenvalue weighted by atomic mass is 16.5. The molecule has 2 aromatic carbocycles. The maximum atomic E-state index is 12.3. The first-order chi connectivity index (χ1) is 13.8. The standard InChI is InChI=1S/C21H19N5O2/c27-19(15-26-14-13-23-20(26)16-7-3-1-4-8-16)22-12-11-18-24-21(28-25-18)17-9-5-2-6-10-17/h1-10,13-14H,11-12,15H2,(H,22,27). The average molecular weight is 373 g/mol. The van der Waals surface area contributed by atoms with E-state index in [1.165, 1.54) is 0 Å². The highest BCUT2D eigenvalue weighted by Crippen LogP contribution is 2.17. The number of hydrogen-bond acceptors (Lipinski definition) is 5. The molecule has 140 valence electrons. The fraction of sp³-hybridized carbons (Fsp3) is 0.143. The lowest BCUT2D eigenvalue weighted by Crippen LogP contribution is -2.29. The van der Waals surface area contributed by atoms with Gasteiger partial charge in [-0.15, -0.1) is 0 Å². The van der Waals surface area contributed by atoms with Crippen molar-refractivity contribution in [3.8, 4) is 22.8 Å². The lowest BCUT2D eigenvalue weighted by molar-refractivity contribution is -0.121. The van der Waals surface area contributed by atoms with Crippen LogP contribution >= 0.6 is 0 Å². The van der Waals surface area contributed by atoms with E-state index in [4.69, 9.17) is 4.52 Å². The minimum Gasteiger partial charge on any atom is -0.354 e. The number of hydrogen-bond donors (Lipinski definition) is 1. The maximum absolute atomic E-state index is 12.3. The van der Waals surface area contributed by atoms with Gasteiger partial charge in [0.05, 0.1) is 0 Å². The topological polar surface area (TPSA) is 85.8 Å². The second-order valence-corrected chi connectivity index (χ2v) is 6.23. The van der Waals surface area contributed by atoms with Crippen LogP contribution in [0.4, 0.5) is 0 Å². The van der Waals surface area contributed by atoms with Crippen LogP contribution in [0, 0.1) is 0 Å². The molecule has 0 unspecified atom stereocenters. The van der Waals surface area contributed by atoms with E-state index < -0.39 is 0 Å². The summed E-state index contributed by atoms with van der Waals surface area (Å²) in [5.41, 5.74) is 1.85. The summed E-state index contributed by atoms with van der Waals surface area (Å²) in [5.74, 6) is 1.71. The SMILES string of the molecule is O=C(Cn1ccnc1-c1ccccc1)NCCc1noc(-c2ccccc2)n1. The largest absolute Gasteiger partial charge is 0.354 e. The summed E-state index contributed by atoms with van der Waals surface area (Å²) in [7, 11) is 0. The summed E-state index contributed by atoms with van der Waals surface area (Å²) < 4.78 is 7.10. The summed E-state index contributed by atoms with van der Waals surface area (Å²) >= 11 is 0. The van der Waals surface area contributed by atoms with Gasteiger partial charge < -0.3 is 14.4 Å². The number of carbonyl (C=O) groups excluding carboxylic acids is 1. The lowest BCUT2D eigenvalue weighted by Gasteiger charge is -2.08. The van der Waals surface area contributed by atoms with Crippen molar-refractivity contribution in [2.75, 3.05) is 6.54 Å². The van der Waals surface area contributed by atoms with Crippen molar-refractivity contribution in [3.05, 3.63) is 78.9 Å². The highest BCUT2D eigenvalue weighted by Gasteiger charge is 2.11. The predicted octanol–water partition coefficient (Wildman–Crippen LogP) is 2.96. The molecule has 1 amide bonds. The van der Waals surface area contributed by atoms with Crippen molar-refractivity contribution in [2.24, 2.45) is 0 Å². The molecule has 7 heteroatoms. The van der Waals surface area contributed by atoms with E-state index >= 15 is 0 Å². The Morgan fingerprint density at radius 1 is 1.00 bits per heavy atom. The first kappa shape index (κ1) is 17.7. The Morgan fingerprint density at radius 3 is 2.46 bits per heavy atom. The van der Waals surface area contributed by atoms with E-state index in [9.17, 15) is 4.79 Å². The maximum Gasteiger partial charge on any atom is 0.257 e. The molecule has 0 radical (unpaired) electrons. The van der Waals surface area contributed by atoms with Gasteiger partial charge in [-0.25, -0.2) is 4.98 Å². The zero-order valence-corrected chi connectivity index (χ0v) is 15.2. The lowest BCUT2D eigenvalue weighted by atomic mass is 10.2. The molecule has 0 atom stereocenters. The van der Waals surface area contributed by atoms with Crippen molar-refractivity contribution in [2.45, 2.75) is 13.0 Å². The third-order valence-corrected chi connectivity index (χ3v) is 4.22. The molecule has 0 bridgehead atoms. The van der Waals surface area contributed by atoms with Crippen LogP contribution in [0.25, 0.3) is 22.8 Å². The Balaban J connectivity index is 1.30. The van der Waals surface area contributed by atoms with E-state index in [1.54, 1.807) is 12.4 Å². The number of amides is 1. The second-order valence-electron chi connectivity index (χ2n) is 6.23. The Bertz CT molecular complexity index is 1040. The van der Waals surface area contributed by atoms with E-state index in [2.05, 4.69) is 20.4 Å². The second kappa shape index (κ2) is 8.30. The Morgan fingerprint density at radius 2 is 1.71 bits per heavy atom. The Kier molecular flexibility index (Phi) is 5.24. The summed E-state index contributed by atoms with van der Waals surface area (Å²) in [4.78, 5) is 21.0. The monoisotopic (exact) mass is 373 g/mol. The van der Waals surface area contributed by atoms with Gasteiger partial charge in [0, 0.05) is 36.5 Å². The van der Waals surface area contributed by atoms with Gasteiger partial charge in [-0.2, -0.15) is 4.98 Å². The van der Waals surface area contributed by atoms with Crippen LogP contribution in [0.1, 0.15) is 5.82 Å². The van der Waals surface area contributed by atoms with E-state index in [-0.39, 0.29) is 12.5 Å². The third kappa shape index (κ3) is 4.15. The van der Waals surface area contributed by atoms with Crippen LogP contribution in [0.5, 0.6) is 0 Å². The van der Waals surface area contributed by atoms with Gasteiger partial charge >= 0.3 is 0 Å². The van der Waals surface area contributed by atoms with Gasteiger partial charge in [-0.1, -0.05) is 53.7 Å². The van der Waals surface area contributed by atoms with Crippen LogP contribution in [-0.4, -0.2) is 32.1 Å². The fourth-order valence-electron chi connectivity index (χ4n) is 2.86. The number of rotatable bonds is 7. The molecule has 0 spiro atoms. The molecule has 0 aliphatic carbocycles. The number of nitrogens with one attached hydrogen (secondary N) is 1. The zero-order valence-electron chi connectivity index (χ0n) is 15.2. The van der Waals surface area contributed by atoms with E-state index in [0.717, 1.165) is 17.0 Å². The van der Waals surface area contributed by atoms with Gasteiger partial charge in [0.1, 0.15) is 12.4 Å². The van der Waals surface area contributed by atoms with Crippen LogP contribution < -0.4 is 5.32 Å². The van der Waals surface area contributed by atoms with Crippen LogP contribution in [-0.2, 0) is 17.8 Å². The molecule has 0 fully saturated rings. The predicted molar refractivity (Wildman–Crippen MR) is 104 cm³/mol. The zero-order chi connectivity index (χ0) is 19.2. The van der Waals surface area contributed by atoms with Crippen molar-refractivity contribution >= 4 is 5.91 Å². The van der Waals surface area contributed by atoms with Crippen LogP contribution in [0.15, 0.2) is 77.6 Å². The molecule has 28 heavy (non-hydrogen) atoms. The average Bonchev–Trinajstić information content (AvgIpc) is 3.39. The van der Waals surface area contributed by atoms with Crippen LogP contribution in [0.3, 0.4) is 0 Å². The molecule has 4 aromatic rings. The first-order valence-electron chi connectivity index (χ1n) is 9.01. The highest BCUT2D eigenvalue weighted by molar-refractivity contribution is 5.76. The molecule has 0 saturated carbocycles. The number of nitrogens with zero attached hydrogens (tertiary/aromatic N) is 4. The van der Waals surface area contributed by atoms with Crippen molar-refractivity contribution in [1.29, 1.82) is 0 Å². The van der Waals surface area contributed by atoms with Crippen molar-refractivity contribution in [3.63, 3.8) is 0 Å². The quantitative estimate of drug-likeness (QED) is 0.538. The van der Waals surface area contributed by atoms with Gasteiger partial charge in [0.15, 0.2) is 5.82 Å². The molecule has 2 aromatic heterocycles. The molecule has 7 nitrogen and oxygen atoms in total. The van der Waals surface area contributed by atoms with Crippen molar-refractivity contribution < 1.29 is 9.32 Å². The smallest absolute Gasteiger partial charge is 0.257 e. The number of benzene rings is 2. The summed E-state index contributed by atoms with van der Waals surface area (Å²) in [6, 6.07) is 19.4. The third-order valence-electron chi connectivity index (χ3n) is 4.22. The van der Waals surface area contributed by atoms with E-state index in [1.807, 2.05) is 65.2 Å². The Hall–Kier alpha value is -3.74. The van der Waals surface area contributed by atoms with Gasteiger partial charge in [0.2, 0.25) is 5.91 Å². The number of imidazole rings is 1. The van der Waals surface area contributed by atoms with Gasteiger partial charge in [0.25, 0.3) is 5.89 Å². The number of aromatic nitrogens is 4. The Labute approximate surface area is 162 Å². The minimum absolute atomic E-state index is 0.0954. The molecular weight excluding hydrogens is 354 g/mol. The summed E-state index contributed by atoms with van der Waals surface area (Å²) in [6.45, 7) is 0.633. The molecule has 0 aliphatic heterocycles. The minimum atomic E-state index is -0.0954. The molecule has 0 saturated heterocycles. The first-order valence-corrected chi connectivity index (χ1v) is 9.01. The normalized spacial score (nSPS) is 10.7. The van der Waals surface area contributed by atoms with Gasteiger partial charge in [-0.3, -0.25) is 4.79 Å². The molecule has 1 N–H and O–H groups in total. The van der Waals surface area contributed by atoms with E-state index in [0.29, 0.717) is 24.7 Å². The molecular formula is C21H19N5O2. The number of carbonyl (C=O) groups is 1. The van der Waals surface area contributed by atoms with Gasteiger partial charge in [-0.05, 0) is 12.1 Å². The molecule has 4 rings (SSSR count). The van der Waals surface area contributed by atoms with Crippen LogP contribution in [0.2, 0.25) is 0 Å². The van der Waals surface area contributed by atoms with Crippen molar-refractivity contribution in [1.82, 2.24) is 25.0 Å². The summed E-state index contributed by atoms with van der Waals surface area (Å²) in [6.07, 6.45) is 3.99. The molecule has 2 heterocycles. The fourth-order valence-corrected chi connectivity index (χ4v) is 2.86. The molecule has 0 aliphatic rings. The summed E-state index contributed by atoms with van der Waals surface area (Å²) in [5, 5.41) is 6.85.